The number of carbonyl (C=O) groups excluding carboxylic acids is 1. The molecule has 1 amide bonds. The fraction of sp³-hybridized carbons (Fsp3) is 0.636. The van der Waals surface area contributed by atoms with Crippen LogP contribution in [0.25, 0.3) is 0 Å². The highest BCUT2D eigenvalue weighted by Crippen LogP contribution is 2.28. The number of halogens is 2. The minimum atomic E-state index is 0. The van der Waals surface area contributed by atoms with Crippen LogP contribution in [0.15, 0.2) is 23.2 Å². The number of carbonyl (C=O) groups is 1. The maximum Gasteiger partial charge on any atom is 0.225 e. The second-order valence-corrected chi connectivity index (χ2v) is 8.27. The lowest BCUT2D eigenvalue weighted by Crippen LogP contribution is -2.45. The van der Waals surface area contributed by atoms with E-state index in [2.05, 4.69) is 17.6 Å². The third-order valence-electron chi connectivity index (χ3n) is 5.80. The van der Waals surface area contributed by atoms with Gasteiger partial charge < -0.3 is 20.3 Å². The lowest BCUT2D eigenvalue weighted by atomic mass is 10.1. The van der Waals surface area contributed by atoms with E-state index in [-0.39, 0.29) is 35.9 Å². The van der Waals surface area contributed by atoms with Crippen LogP contribution in [0.3, 0.4) is 0 Å². The van der Waals surface area contributed by atoms with Crippen molar-refractivity contribution in [2.24, 2.45) is 10.9 Å². The van der Waals surface area contributed by atoms with Crippen molar-refractivity contribution in [3.63, 3.8) is 0 Å². The van der Waals surface area contributed by atoms with Gasteiger partial charge in [-0.25, -0.2) is 0 Å². The molecule has 2 fully saturated rings. The number of amides is 1. The zero-order chi connectivity index (χ0) is 20.6. The smallest absolute Gasteiger partial charge is 0.225 e. The van der Waals surface area contributed by atoms with Crippen molar-refractivity contribution in [3.05, 3.63) is 28.8 Å². The van der Waals surface area contributed by atoms with Gasteiger partial charge in [0.1, 0.15) is 5.75 Å². The van der Waals surface area contributed by atoms with Crippen molar-refractivity contribution >= 4 is 47.4 Å². The third-order valence-corrected chi connectivity index (χ3v) is 6.15. The van der Waals surface area contributed by atoms with E-state index in [1.165, 1.54) is 12.8 Å². The Morgan fingerprint density at radius 1 is 1.30 bits per heavy atom. The number of likely N-dealkylation sites (tertiary alicyclic amines) is 1. The fourth-order valence-corrected chi connectivity index (χ4v) is 4.43. The van der Waals surface area contributed by atoms with E-state index in [1.54, 1.807) is 7.11 Å². The maximum atomic E-state index is 12.6. The Morgan fingerprint density at radius 3 is 2.73 bits per heavy atom. The second-order valence-electron chi connectivity index (χ2n) is 7.86. The zero-order valence-electron chi connectivity index (χ0n) is 18.0. The van der Waals surface area contributed by atoms with Crippen LogP contribution in [-0.4, -0.2) is 56.1 Å². The largest absolute Gasteiger partial charge is 0.497 e. The molecule has 1 aliphatic heterocycles. The Labute approximate surface area is 202 Å². The molecule has 6 nitrogen and oxygen atoms in total. The Hall–Kier alpha value is -1.22. The molecule has 3 rings (SSSR count). The first-order valence-electron chi connectivity index (χ1n) is 10.8. The van der Waals surface area contributed by atoms with Gasteiger partial charge in [0.05, 0.1) is 7.11 Å². The van der Waals surface area contributed by atoms with Crippen LogP contribution in [-0.2, 0) is 11.2 Å². The van der Waals surface area contributed by atoms with Crippen LogP contribution in [0.4, 0.5) is 0 Å². The number of ether oxygens (including phenoxy) is 1. The van der Waals surface area contributed by atoms with E-state index in [9.17, 15) is 4.79 Å². The molecule has 0 aromatic heterocycles. The van der Waals surface area contributed by atoms with Crippen LogP contribution >= 0.6 is 35.6 Å². The number of aliphatic imine (C=N–C) groups is 1. The number of hydrogen-bond donors (Lipinski definition) is 2. The Balaban J connectivity index is 0.00000320. The normalized spacial score (nSPS) is 19.5. The van der Waals surface area contributed by atoms with Crippen molar-refractivity contribution in [1.29, 1.82) is 0 Å². The van der Waals surface area contributed by atoms with E-state index in [0.717, 1.165) is 62.6 Å². The van der Waals surface area contributed by atoms with Gasteiger partial charge in [-0.2, -0.15) is 0 Å². The predicted octanol–water partition coefficient (Wildman–Crippen LogP) is 3.86. The minimum absolute atomic E-state index is 0. The number of benzene rings is 1. The molecule has 1 aromatic carbocycles. The Morgan fingerprint density at radius 2 is 2.07 bits per heavy atom. The Kier molecular flexibility index (Phi) is 10.5. The molecular weight excluding hydrogens is 515 g/mol. The van der Waals surface area contributed by atoms with E-state index in [4.69, 9.17) is 21.3 Å². The summed E-state index contributed by atoms with van der Waals surface area (Å²) in [5.41, 5.74) is 1.06. The molecule has 1 saturated carbocycles. The van der Waals surface area contributed by atoms with Crippen molar-refractivity contribution in [3.8, 4) is 5.75 Å². The first kappa shape index (κ1) is 25.0. The van der Waals surface area contributed by atoms with Crippen LogP contribution < -0.4 is 15.4 Å². The summed E-state index contributed by atoms with van der Waals surface area (Å²) in [4.78, 5) is 19.4. The molecule has 1 saturated heterocycles. The van der Waals surface area contributed by atoms with Crippen LogP contribution in [0, 0.1) is 5.92 Å². The SMILES string of the molecule is CCNC(=NCCc1ccc(OC)cc1Cl)NC1CCN(C(=O)C2CCCC2)C1.I. The minimum Gasteiger partial charge on any atom is -0.497 e. The molecule has 0 spiro atoms. The number of nitrogens with one attached hydrogen (secondary N) is 2. The van der Waals surface area contributed by atoms with Crippen LogP contribution in [0.2, 0.25) is 5.02 Å². The third kappa shape index (κ3) is 6.90. The van der Waals surface area contributed by atoms with Crippen LogP contribution in [0.1, 0.15) is 44.6 Å². The van der Waals surface area contributed by atoms with Crippen LogP contribution in [0.5, 0.6) is 5.75 Å². The summed E-state index contributed by atoms with van der Waals surface area (Å²) in [6, 6.07) is 5.99. The van der Waals surface area contributed by atoms with Crippen molar-refractivity contribution in [2.45, 2.75) is 51.5 Å². The number of nitrogens with zero attached hydrogens (tertiary/aromatic N) is 2. The molecule has 1 atom stereocenters. The highest BCUT2D eigenvalue weighted by atomic mass is 127. The molecule has 168 valence electrons. The summed E-state index contributed by atoms with van der Waals surface area (Å²) in [5.74, 6) is 2.17. The van der Waals surface area contributed by atoms with Gasteiger partial charge in [0.15, 0.2) is 5.96 Å². The van der Waals surface area contributed by atoms with Gasteiger partial charge in [-0.15, -0.1) is 24.0 Å². The summed E-state index contributed by atoms with van der Waals surface area (Å²) in [5, 5.41) is 7.52. The van der Waals surface area contributed by atoms with E-state index in [1.807, 2.05) is 23.1 Å². The van der Waals surface area contributed by atoms with Crippen molar-refractivity contribution in [1.82, 2.24) is 15.5 Å². The highest BCUT2D eigenvalue weighted by Gasteiger charge is 2.32. The van der Waals surface area contributed by atoms with Gasteiger partial charge >= 0.3 is 0 Å². The number of guanidine groups is 1. The molecule has 1 aliphatic carbocycles. The number of rotatable bonds is 7. The molecule has 2 N–H and O–H groups in total. The molecule has 1 heterocycles. The topological polar surface area (TPSA) is 66.0 Å². The highest BCUT2D eigenvalue weighted by molar-refractivity contribution is 14.0. The maximum absolute atomic E-state index is 12.6. The molecule has 30 heavy (non-hydrogen) atoms. The van der Waals surface area contributed by atoms with E-state index < -0.39 is 0 Å². The van der Waals surface area contributed by atoms with Crippen molar-refractivity contribution in [2.75, 3.05) is 33.3 Å². The van der Waals surface area contributed by atoms with E-state index >= 15 is 0 Å². The summed E-state index contributed by atoms with van der Waals surface area (Å²) in [7, 11) is 1.63. The summed E-state index contributed by atoms with van der Waals surface area (Å²) in [6.07, 6.45) is 6.24. The number of hydrogen-bond acceptors (Lipinski definition) is 3. The quantitative estimate of drug-likeness (QED) is 0.309. The van der Waals surface area contributed by atoms with E-state index in [0.29, 0.717) is 17.5 Å². The monoisotopic (exact) mass is 548 g/mol. The summed E-state index contributed by atoms with van der Waals surface area (Å²) < 4.78 is 5.20. The average molecular weight is 549 g/mol. The lowest BCUT2D eigenvalue weighted by molar-refractivity contribution is -0.134. The predicted molar refractivity (Wildman–Crippen MR) is 133 cm³/mol. The van der Waals surface area contributed by atoms with Gasteiger partial charge in [-0.1, -0.05) is 30.5 Å². The number of methoxy groups -OCH3 is 1. The van der Waals surface area contributed by atoms with Gasteiger partial charge in [-0.05, 0) is 50.3 Å². The second kappa shape index (κ2) is 12.6. The first-order valence-corrected chi connectivity index (χ1v) is 11.1. The molecule has 8 heteroatoms. The van der Waals surface area contributed by atoms with Gasteiger partial charge in [-0.3, -0.25) is 9.79 Å². The van der Waals surface area contributed by atoms with Crippen molar-refractivity contribution < 1.29 is 9.53 Å². The molecular formula is C22H34ClIN4O2. The van der Waals surface area contributed by atoms with Gasteiger partial charge in [0.2, 0.25) is 5.91 Å². The Bertz CT molecular complexity index is 725. The molecule has 2 aliphatic rings. The lowest BCUT2D eigenvalue weighted by Gasteiger charge is -2.21. The summed E-state index contributed by atoms with van der Waals surface area (Å²) >= 11 is 6.32. The zero-order valence-corrected chi connectivity index (χ0v) is 21.0. The standard InChI is InChI=1S/C22H33ClN4O2.HI/c1-3-24-22(25-12-10-16-8-9-19(29-2)14-20(16)23)26-18-11-13-27(15-18)21(28)17-6-4-5-7-17;/h8-9,14,17-18H,3-7,10-13,15H2,1-2H3,(H2,24,25,26);1H. The van der Waals surface area contributed by atoms with Gasteiger partial charge in [0, 0.05) is 43.2 Å². The summed E-state index contributed by atoms with van der Waals surface area (Å²) in [6.45, 7) is 5.10. The molecule has 0 radical (unpaired) electrons. The first-order chi connectivity index (χ1) is 14.1. The average Bonchev–Trinajstić information content (AvgIpc) is 3.41. The van der Waals surface area contributed by atoms with Gasteiger partial charge in [0.25, 0.3) is 0 Å². The molecule has 0 bridgehead atoms. The molecule has 1 unspecified atom stereocenters. The molecule has 1 aromatic rings. The fourth-order valence-electron chi connectivity index (χ4n) is 4.17.